The fourth-order valence-electron chi connectivity index (χ4n) is 5.99. The Hall–Kier alpha value is -4.62. The molecule has 1 aliphatic heterocycles. The maximum atomic E-state index is 13.9. The van der Waals surface area contributed by atoms with Gasteiger partial charge in [-0.3, -0.25) is 4.79 Å². The number of fused-ring (bicyclic) bond motifs is 2. The van der Waals surface area contributed by atoms with Crippen LogP contribution in [0.25, 0.3) is 11.0 Å². The molecule has 13 heteroatoms. The molecule has 4 heterocycles. The standard InChI is InChI=1S/C33H38N8O4S/c1-5-25-20-40(46(43,44)29-8-7-13-36-33(29)45-25)19-24-16-23(10-9-21(24)3)27(17-31(42)37-18-30-34-14-15-35-30)26-11-12-28-32(22(26)4)38-39-41(28)6-2/h7-16,25,27H,5-6,17-20H2,1-4H3,(H,34,35)(H,37,42)/t25-,27+/m1/s1. The van der Waals surface area contributed by atoms with E-state index in [1.54, 1.807) is 18.5 Å². The first-order chi connectivity index (χ1) is 22.2. The number of nitrogens with one attached hydrogen (secondary N) is 2. The molecule has 12 nitrogen and oxygen atoms in total. The highest BCUT2D eigenvalue weighted by Gasteiger charge is 2.35. The van der Waals surface area contributed by atoms with Gasteiger partial charge in [-0.15, -0.1) is 5.10 Å². The molecule has 0 saturated heterocycles. The van der Waals surface area contributed by atoms with Crippen LogP contribution in [-0.4, -0.2) is 61.2 Å². The Kier molecular flexibility index (Phi) is 8.87. The fraction of sp³-hybridized carbons (Fsp3) is 0.364. The van der Waals surface area contributed by atoms with Crippen molar-refractivity contribution in [1.29, 1.82) is 0 Å². The molecule has 2 atom stereocenters. The zero-order valence-corrected chi connectivity index (χ0v) is 27.2. The van der Waals surface area contributed by atoms with Crippen LogP contribution in [0.4, 0.5) is 0 Å². The number of benzene rings is 2. The average molecular weight is 643 g/mol. The van der Waals surface area contributed by atoms with Crippen LogP contribution in [0.3, 0.4) is 0 Å². The number of hydrogen-bond acceptors (Lipinski definition) is 8. The van der Waals surface area contributed by atoms with Gasteiger partial charge < -0.3 is 15.0 Å². The molecule has 5 aromatic rings. The average Bonchev–Trinajstić information content (AvgIpc) is 3.72. The third kappa shape index (κ3) is 6.12. The van der Waals surface area contributed by atoms with Gasteiger partial charge in [0.25, 0.3) is 0 Å². The smallest absolute Gasteiger partial charge is 0.248 e. The van der Waals surface area contributed by atoms with Crippen molar-refractivity contribution in [2.24, 2.45) is 0 Å². The topological polar surface area (TPSA) is 148 Å². The summed E-state index contributed by atoms with van der Waals surface area (Å²) < 4.78 is 37.1. The highest BCUT2D eigenvalue weighted by Crippen LogP contribution is 2.36. The predicted molar refractivity (Wildman–Crippen MR) is 173 cm³/mol. The molecule has 0 radical (unpaired) electrons. The lowest BCUT2D eigenvalue weighted by atomic mass is 9.84. The summed E-state index contributed by atoms with van der Waals surface area (Å²) >= 11 is 0. The van der Waals surface area contributed by atoms with Gasteiger partial charge in [-0.25, -0.2) is 23.1 Å². The molecule has 0 spiro atoms. The summed E-state index contributed by atoms with van der Waals surface area (Å²) in [5.41, 5.74) is 6.33. The van der Waals surface area contributed by atoms with Gasteiger partial charge in [-0.05, 0) is 73.2 Å². The van der Waals surface area contributed by atoms with Crippen molar-refractivity contribution >= 4 is 27.0 Å². The first kappa shape index (κ1) is 31.4. The zero-order valence-electron chi connectivity index (χ0n) is 26.4. The second-order valence-electron chi connectivity index (χ2n) is 11.6. The van der Waals surface area contributed by atoms with Gasteiger partial charge in [-0.2, -0.15) is 4.31 Å². The Labute approximate surface area is 268 Å². The number of carbonyl (C=O) groups excluding carboxylic acids is 1. The van der Waals surface area contributed by atoms with Gasteiger partial charge in [0.05, 0.1) is 18.6 Å². The highest BCUT2D eigenvalue weighted by atomic mass is 32.2. The number of pyridine rings is 1. The van der Waals surface area contributed by atoms with Crippen molar-refractivity contribution < 1.29 is 17.9 Å². The maximum Gasteiger partial charge on any atom is 0.248 e. The van der Waals surface area contributed by atoms with Gasteiger partial charge in [-0.1, -0.05) is 36.4 Å². The van der Waals surface area contributed by atoms with Crippen LogP contribution in [0.2, 0.25) is 0 Å². The maximum absolute atomic E-state index is 13.9. The number of sulfonamides is 1. The molecule has 0 aliphatic carbocycles. The van der Waals surface area contributed by atoms with E-state index in [-0.39, 0.29) is 54.8 Å². The second kappa shape index (κ2) is 13.0. The van der Waals surface area contributed by atoms with E-state index >= 15 is 0 Å². The summed E-state index contributed by atoms with van der Waals surface area (Å²) in [6.45, 7) is 9.29. The van der Waals surface area contributed by atoms with Gasteiger partial charge in [0.1, 0.15) is 22.3 Å². The van der Waals surface area contributed by atoms with E-state index in [9.17, 15) is 13.2 Å². The summed E-state index contributed by atoms with van der Waals surface area (Å²) in [4.78, 5) is 24.9. The molecule has 0 unspecified atom stereocenters. The Morgan fingerprint density at radius 2 is 1.98 bits per heavy atom. The largest absolute Gasteiger partial charge is 0.472 e. The molecule has 6 rings (SSSR count). The van der Waals surface area contributed by atoms with E-state index in [0.29, 0.717) is 18.8 Å². The van der Waals surface area contributed by atoms with E-state index in [0.717, 1.165) is 38.9 Å². The van der Waals surface area contributed by atoms with Crippen LogP contribution < -0.4 is 10.1 Å². The Morgan fingerprint density at radius 3 is 2.74 bits per heavy atom. The van der Waals surface area contributed by atoms with E-state index in [2.05, 4.69) is 30.6 Å². The molecule has 1 aliphatic rings. The van der Waals surface area contributed by atoms with Crippen molar-refractivity contribution in [3.05, 3.63) is 94.7 Å². The summed E-state index contributed by atoms with van der Waals surface area (Å²) in [6, 6.07) is 13.2. The van der Waals surface area contributed by atoms with Crippen LogP contribution in [0.5, 0.6) is 5.88 Å². The first-order valence-electron chi connectivity index (χ1n) is 15.5. The highest BCUT2D eigenvalue weighted by molar-refractivity contribution is 7.89. The van der Waals surface area contributed by atoms with Crippen molar-refractivity contribution in [2.45, 2.75) is 77.1 Å². The molecule has 2 aromatic carbocycles. The molecular weight excluding hydrogens is 604 g/mol. The van der Waals surface area contributed by atoms with Crippen LogP contribution >= 0.6 is 0 Å². The van der Waals surface area contributed by atoms with Crippen molar-refractivity contribution in [3.63, 3.8) is 0 Å². The summed E-state index contributed by atoms with van der Waals surface area (Å²) in [5.74, 6) is 0.335. The third-order valence-electron chi connectivity index (χ3n) is 8.67. The van der Waals surface area contributed by atoms with Gasteiger partial charge in [0, 0.05) is 44.0 Å². The SMILES string of the molecule is CC[C@@H]1CN(Cc2cc([C@H](CC(=O)NCc3ncc[nH]3)c3ccc4c(nnn4CC)c3C)ccc2C)S(=O)(=O)c2cccnc2O1. The Bertz CT molecular complexity index is 1970. The number of rotatable bonds is 10. The van der Waals surface area contributed by atoms with Crippen LogP contribution in [0.1, 0.15) is 66.2 Å². The minimum atomic E-state index is -3.89. The van der Waals surface area contributed by atoms with Crippen molar-refractivity contribution in [1.82, 2.24) is 39.6 Å². The number of H-pyrrole nitrogens is 1. The third-order valence-corrected chi connectivity index (χ3v) is 10.5. The van der Waals surface area contributed by atoms with Crippen LogP contribution in [-0.2, 0) is 34.5 Å². The minimum Gasteiger partial charge on any atom is -0.472 e. The summed E-state index contributed by atoms with van der Waals surface area (Å²) in [5, 5.41) is 11.7. The Balaban J connectivity index is 1.37. The molecule has 0 bridgehead atoms. The fourth-order valence-corrected chi connectivity index (χ4v) is 7.51. The molecular formula is C33H38N8O4S. The van der Waals surface area contributed by atoms with E-state index in [4.69, 9.17) is 4.74 Å². The molecule has 46 heavy (non-hydrogen) atoms. The van der Waals surface area contributed by atoms with Crippen molar-refractivity contribution in [3.8, 4) is 5.88 Å². The molecule has 240 valence electrons. The van der Waals surface area contributed by atoms with E-state index < -0.39 is 10.0 Å². The van der Waals surface area contributed by atoms with Gasteiger partial charge in [0.15, 0.2) is 0 Å². The number of aryl methyl sites for hydroxylation is 3. The Morgan fingerprint density at radius 1 is 1.13 bits per heavy atom. The quantitative estimate of drug-likeness (QED) is 0.228. The number of hydrogen-bond donors (Lipinski definition) is 2. The predicted octanol–water partition coefficient (Wildman–Crippen LogP) is 4.39. The van der Waals surface area contributed by atoms with Crippen molar-refractivity contribution in [2.75, 3.05) is 6.54 Å². The number of ether oxygens (including phenoxy) is 1. The molecule has 0 fully saturated rings. The number of aromatic amines is 1. The van der Waals surface area contributed by atoms with E-state index in [1.165, 1.54) is 16.6 Å². The zero-order chi connectivity index (χ0) is 32.4. The molecule has 2 N–H and O–H groups in total. The lowest BCUT2D eigenvalue weighted by Crippen LogP contribution is -2.36. The number of carbonyl (C=O) groups is 1. The molecule has 3 aromatic heterocycles. The number of nitrogens with zero attached hydrogens (tertiary/aromatic N) is 6. The molecule has 1 amide bonds. The first-order valence-corrected chi connectivity index (χ1v) is 16.9. The monoisotopic (exact) mass is 642 g/mol. The normalized spacial score (nSPS) is 16.8. The van der Waals surface area contributed by atoms with Gasteiger partial charge in [0.2, 0.25) is 21.8 Å². The number of imidazole rings is 1. The number of amides is 1. The molecule has 0 saturated carbocycles. The lowest BCUT2D eigenvalue weighted by Gasteiger charge is -2.25. The summed E-state index contributed by atoms with van der Waals surface area (Å²) in [7, 11) is -3.89. The van der Waals surface area contributed by atoms with Crippen LogP contribution in [0, 0.1) is 13.8 Å². The summed E-state index contributed by atoms with van der Waals surface area (Å²) in [6.07, 6.45) is 5.36. The van der Waals surface area contributed by atoms with Gasteiger partial charge >= 0.3 is 0 Å². The second-order valence-corrected chi connectivity index (χ2v) is 13.5. The van der Waals surface area contributed by atoms with E-state index in [1.807, 2.05) is 62.7 Å². The van der Waals surface area contributed by atoms with Crippen LogP contribution in [0.15, 0.2) is 66.0 Å². The lowest BCUT2D eigenvalue weighted by molar-refractivity contribution is -0.121. The number of aromatic nitrogens is 6. The minimum absolute atomic E-state index is 0.0647.